The molecule has 0 radical (unpaired) electrons. The van der Waals surface area contributed by atoms with Crippen molar-refractivity contribution in [2.24, 2.45) is 5.41 Å². The Morgan fingerprint density at radius 3 is 2.35 bits per heavy atom. The normalized spacial score (nSPS) is 23.6. The molecule has 1 nitrogen and oxygen atoms in total. The lowest BCUT2D eigenvalue weighted by molar-refractivity contribution is -0.0118. The second-order valence-corrected chi connectivity index (χ2v) is 7.67. The molecule has 1 spiro atoms. The molecule has 2 aliphatic carbocycles. The first-order valence-electron chi connectivity index (χ1n) is 7.69. The van der Waals surface area contributed by atoms with Crippen LogP contribution in [0.4, 0.5) is 0 Å². The maximum Gasteiger partial charge on any atom is 0.0595 e. The predicted octanol–water partition coefficient (Wildman–Crippen LogP) is 5.19. The number of likely N-dealkylation sites (N-methyl/N-ethyl adjacent to an activating group) is 1. The first kappa shape index (κ1) is 14.7. The summed E-state index contributed by atoms with van der Waals surface area (Å²) in [6.07, 6.45) is 9.69. The number of halogens is 2. The van der Waals surface area contributed by atoms with E-state index in [2.05, 4.69) is 17.4 Å². The van der Waals surface area contributed by atoms with Gasteiger partial charge in [-0.05, 0) is 55.8 Å². The Morgan fingerprint density at radius 2 is 1.75 bits per heavy atom. The first-order chi connectivity index (χ1) is 9.59. The molecule has 2 saturated carbocycles. The first-order valence-corrected chi connectivity index (χ1v) is 8.45. The maximum absolute atomic E-state index is 6.23. The second kappa shape index (κ2) is 5.51. The van der Waals surface area contributed by atoms with Gasteiger partial charge in [-0.2, -0.15) is 0 Å². The fourth-order valence-electron chi connectivity index (χ4n) is 4.63. The summed E-state index contributed by atoms with van der Waals surface area (Å²) in [5, 5.41) is 4.73. The third-order valence-electron chi connectivity index (χ3n) is 5.39. The van der Waals surface area contributed by atoms with E-state index in [4.69, 9.17) is 23.2 Å². The molecule has 2 fully saturated rings. The average Bonchev–Trinajstić information content (AvgIpc) is 2.41. The number of benzene rings is 1. The van der Waals surface area contributed by atoms with Crippen LogP contribution in [0.2, 0.25) is 10.0 Å². The minimum atomic E-state index is 0.264. The van der Waals surface area contributed by atoms with Crippen LogP contribution in [0.25, 0.3) is 0 Å². The lowest BCUT2D eigenvalue weighted by Crippen LogP contribution is -2.55. The molecule has 0 saturated heterocycles. The molecule has 0 bridgehead atoms. The molecule has 0 unspecified atom stereocenters. The molecule has 0 atom stereocenters. The highest BCUT2D eigenvalue weighted by Gasteiger charge is 2.54. The minimum absolute atomic E-state index is 0.264. The Hall–Kier alpha value is -0.240. The van der Waals surface area contributed by atoms with Gasteiger partial charge >= 0.3 is 0 Å². The summed E-state index contributed by atoms with van der Waals surface area (Å²) in [5.41, 5.74) is 2.24. The van der Waals surface area contributed by atoms with E-state index in [0.717, 1.165) is 6.54 Å². The van der Waals surface area contributed by atoms with Gasteiger partial charge in [0.05, 0.1) is 10.0 Å². The van der Waals surface area contributed by atoms with Crippen LogP contribution in [0, 0.1) is 5.41 Å². The van der Waals surface area contributed by atoms with Gasteiger partial charge in [0, 0.05) is 12.0 Å². The smallest absolute Gasteiger partial charge is 0.0595 e. The van der Waals surface area contributed by atoms with Gasteiger partial charge in [0.2, 0.25) is 0 Å². The van der Waals surface area contributed by atoms with Crippen LogP contribution in [0.1, 0.15) is 50.5 Å². The molecule has 1 N–H and O–H groups in total. The van der Waals surface area contributed by atoms with Crippen molar-refractivity contribution in [2.45, 2.75) is 50.4 Å². The van der Waals surface area contributed by atoms with Crippen LogP contribution < -0.4 is 5.32 Å². The molecule has 3 rings (SSSR count). The van der Waals surface area contributed by atoms with Gasteiger partial charge in [-0.1, -0.05) is 48.5 Å². The Balaban J connectivity index is 1.84. The molecular formula is C17H23Cl2N. The number of hydrogen-bond acceptors (Lipinski definition) is 1. The summed E-state index contributed by atoms with van der Waals surface area (Å²) in [6, 6.07) is 6.20. The highest BCUT2D eigenvalue weighted by molar-refractivity contribution is 6.42. The van der Waals surface area contributed by atoms with Gasteiger partial charge in [-0.15, -0.1) is 0 Å². The topological polar surface area (TPSA) is 12.0 Å². The third-order valence-corrected chi connectivity index (χ3v) is 6.13. The molecule has 2 aliphatic rings. The quantitative estimate of drug-likeness (QED) is 0.809. The molecule has 110 valence electrons. The number of rotatable bonds is 3. The van der Waals surface area contributed by atoms with E-state index in [1.165, 1.54) is 50.5 Å². The Bertz CT molecular complexity index is 484. The monoisotopic (exact) mass is 311 g/mol. The largest absolute Gasteiger partial charge is 0.319 e. The highest BCUT2D eigenvalue weighted by atomic mass is 35.5. The molecule has 0 aromatic heterocycles. The van der Waals surface area contributed by atoms with Crippen LogP contribution in [0.5, 0.6) is 0 Å². The molecule has 0 heterocycles. The SMILES string of the molecule is CNCC1(c2ccc(Cl)c(Cl)c2)CC2(CCCCC2)C1. The zero-order valence-corrected chi connectivity index (χ0v) is 13.7. The number of nitrogens with one attached hydrogen (secondary N) is 1. The van der Waals surface area contributed by atoms with Crippen molar-refractivity contribution in [1.29, 1.82) is 0 Å². The van der Waals surface area contributed by atoms with Gasteiger partial charge in [-0.25, -0.2) is 0 Å². The molecule has 0 aliphatic heterocycles. The highest BCUT2D eigenvalue weighted by Crippen LogP contribution is 2.61. The third kappa shape index (κ3) is 2.49. The second-order valence-electron chi connectivity index (χ2n) is 6.85. The lowest BCUT2D eigenvalue weighted by Gasteiger charge is -2.59. The molecule has 3 heteroatoms. The van der Waals surface area contributed by atoms with Crippen LogP contribution in [0.3, 0.4) is 0 Å². The molecule has 1 aromatic rings. The van der Waals surface area contributed by atoms with Crippen LogP contribution in [-0.4, -0.2) is 13.6 Å². The van der Waals surface area contributed by atoms with Gasteiger partial charge < -0.3 is 5.32 Å². The zero-order valence-electron chi connectivity index (χ0n) is 12.1. The molecule has 0 amide bonds. The van der Waals surface area contributed by atoms with Gasteiger partial charge in [0.1, 0.15) is 0 Å². The van der Waals surface area contributed by atoms with Gasteiger partial charge in [0.25, 0.3) is 0 Å². The van der Waals surface area contributed by atoms with Crippen LogP contribution in [0.15, 0.2) is 18.2 Å². The summed E-state index contributed by atoms with van der Waals surface area (Å²) in [4.78, 5) is 0. The lowest BCUT2D eigenvalue weighted by atomic mass is 9.46. The standard InChI is InChI=1S/C17H23Cl2N/c1-20-12-17(13-5-6-14(18)15(19)9-13)10-16(11-17)7-3-2-4-8-16/h5-6,9,20H,2-4,7-8,10-12H2,1H3. The fraction of sp³-hybridized carbons (Fsp3) is 0.647. The van der Waals surface area contributed by atoms with Crippen molar-refractivity contribution in [3.63, 3.8) is 0 Å². The van der Waals surface area contributed by atoms with Crippen LogP contribution >= 0.6 is 23.2 Å². The predicted molar refractivity (Wildman–Crippen MR) is 86.8 cm³/mol. The van der Waals surface area contributed by atoms with Gasteiger partial charge in [-0.3, -0.25) is 0 Å². The number of hydrogen-bond donors (Lipinski definition) is 1. The average molecular weight is 312 g/mol. The van der Waals surface area contributed by atoms with Crippen molar-refractivity contribution < 1.29 is 0 Å². The van der Waals surface area contributed by atoms with Gasteiger partial charge in [0.15, 0.2) is 0 Å². The maximum atomic E-state index is 6.23. The Morgan fingerprint density at radius 1 is 1.05 bits per heavy atom. The summed E-state index contributed by atoms with van der Waals surface area (Å²) < 4.78 is 0. The van der Waals surface area contributed by atoms with Crippen molar-refractivity contribution in [3.05, 3.63) is 33.8 Å². The summed E-state index contributed by atoms with van der Waals surface area (Å²) >= 11 is 12.3. The Labute approximate surface area is 132 Å². The van der Waals surface area contributed by atoms with E-state index in [9.17, 15) is 0 Å². The van der Waals surface area contributed by atoms with Crippen molar-refractivity contribution >= 4 is 23.2 Å². The minimum Gasteiger partial charge on any atom is -0.319 e. The summed E-state index contributed by atoms with van der Waals surface area (Å²) in [7, 11) is 2.05. The summed E-state index contributed by atoms with van der Waals surface area (Å²) in [5.74, 6) is 0. The zero-order chi connectivity index (χ0) is 14.2. The van der Waals surface area contributed by atoms with Crippen molar-refractivity contribution in [2.75, 3.05) is 13.6 Å². The van der Waals surface area contributed by atoms with E-state index in [1.54, 1.807) is 0 Å². The Kier molecular flexibility index (Phi) is 4.05. The van der Waals surface area contributed by atoms with E-state index in [1.807, 2.05) is 13.1 Å². The van der Waals surface area contributed by atoms with E-state index in [-0.39, 0.29) is 5.41 Å². The van der Waals surface area contributed by atoms with E-state index in [0.29, 0.717) is 15.5 Å². The van der Waals surface area contributed by atoms with E-state index < -0.39 is 0 Å². The fourth-order valence-corrected chi connectivity index (χ4v) is 4.93. The molecular weight excluding hydrogens is 289 g/mol. The molecule has 20 heavy (non-hydrogen) atoms. The van der Waals surface area contributed by atoms with E-state index >= 15 is 0 Å². The van der Waals surface area contributed by atoms with Crippen molar-refractivity contribution in [3.8, 4) is 0 Å². The summed E-state index contributed by atoms with van der Waals surface area (Å²) in [6.45, 7) is 1.03. The van der Waals surface area contributed by atoms with Crippen LogP contribution in [-0.2, 0) is 5.41 Å². The molecule has 1 aromatic carbocycles. The van der Waals surface area contributed by atoms with Crippen molar-refractivity contribution in [1.82, 2.24) is 5.32 Å².